The number of benzene rings is 2. The summed E-state index contributed by atoms with van der Waals surface area (Å²) in [6.45, 7) is 5.93. The van der Waals surface area contributed by atoms with Gasteiger partial charge in [-0.3, -0.25) is 4.79 Å². The number of hydrogen-bond donors (Lipinski definition) is 0. The molecule has 33 heavy (non-hydrogen) atoms. The van der Waals surface area contributed by atoms with Crippen LogP contribution in [0.2, 0.25) is 5.15 Å². The Morgan fingerprint density at radius 1 is 1.06 bits per heavy atom. The molecule has 7 heteroatoms. The van der Waals surface area contributed by atoms with Crippen LogP contribution < -0.4 is 9.64 Å². The van der Waals surface area contributed by atoms with Gasteiger partial charge in [0.2, 0.25) is 0 Å². The van der Waals surface area contributed by atoms with E-state index in [-0.39, 0.29) is 11.9 Å². The van der Waals surface area contributed by atoms with E-state index >= 15 is 0 Å². The summed E-state index contributed by atoms with van der Waals surface area (Å²) in [4.78, 5) is 26.4. The number of hydrogen-bond acceptors (Lipinski definition) is 5. The number of aromatic nitrogens is 2. The van der Waals surface area contributed by atoms with Gasteiger partial charge >= 0.3 is 0 Å². The van der Waals surface area contributed by atoms with Crippen LogP contribution >= 0.6 is 11.6 Å². The second kappa shape index (κ2) is 8.87. The monoisotopic (exact) mass is 460 g/mol. The van der Waals surface area contributed by atoms with Crippen LogP contribution in [-0.4, -0.2) is 52.6 Å². The highest BCUT2D eigenvalue weighted by atomic mass is 35.5. The van der Waals surface area contributed by atoms with Gasteiger partial charge in [-0.15, -0.1) is 0 Å². The standard InChI is InChI=1S/C26H25ClN4O2/c1-17-16-30(25-20-7-4-3-6-19(20)12-13-28-25)14-15-31(17)26(32)18(2)33-23-9-5-8-22-21(23)10-11-24(27)29-22/h3-13,17-18H,14-16H2,1-2H3/t17-,18+/m1/s1. The zero-order valence-corrected chi connectivity index (χ0v) is 19.4. The van der Waals surface area contributed by atoms with Crippen molar-refractivity contribution in [3.8, 4) is 5.75 Å². The molecule has 1 saturated heterocycles. The minimum absolute atomic E-state index is 0.0213. The SMILES string of the molecule is C[C@H](Oc1cccc2nc(Cl)ccc12)C(=O)N1CCN(c2nccc3ccccc23)C[C@H]1C. The lowest BCUT2D eigenvalue weighted by molar-refractivity contribution is -0.140. The molecule has 2 atom stereocenters. The first-order valence-corrected chi connectivity index (χ1v) is 11.5. The van der Waals surface area contributed by atoms with Crippen molar-refractivity contribution < 1.29 is 9.53 Å². The molecule has 0 aliphatic carbocycles. The lowest BCUT2D eigenvalue weighted by Crippen LogP contribution is -2.56. The number of rotatable bonds is 4. The van der Waals surface area contributed by atoms with Gasteiger partial charge in [-0.1, -0.05) is 41.9 Å². The third kappa shape index (κ3) is 4.18. The van der Waals surface area contributed by atoms with Gasteiger partial charge in [0.15, 0.2) is 6.10 Å². The molecule has 3 heterocycles. The minimum Gasteiger partial charge on any atom is -0.480 e. The van der Waals surface area contributed by atoms with E-state index in [9.17, 15) is 4.79 Å². The Bertz CT molecular complexity index is 1320. The largest absolute Gasteiger partial charge is 0.480 e. The molecule has 168 valence electrons. The molecule has 0 spiro atoms. The summed E-state index contributed by atoms with van der Waals surface area (Å²) in [7, 11) is 0. The first-order chi connectivity index (χ1) is 16.0. The summed E-state index contributed by atoms with van der Waals surface area (Å²) in [5.74, 6) is 1.58. The summed E-state index contributed by atoms with van der Waals surface area (Å²) in [5.41, 5.74) is 0.740. The van der Waals surface area contributed by atoms with Gasteiger partial charge in [0.05, 0.1) is 5.52 Å². The van der Waals surface area contributed by atoms with Crippen molar-refractivity contribution in [3.05, 3.63) is 72.0 Å². The molecule has 1 amide bonds. The molecule has 2 aromatic heterocycles. The number of carbonyl (C=O) groups excluding carboxylic acids is 1. The summed E-state index contributed by atoms with van der Waals surface area (Å²) in [6.07, 6.45) is 1.23. The van der Waals surface area contributed by atoms with E-state index in [4.69, 9.17) is 16.3 Å². The van der Waals surface area contributed by atoms with E-state index in [2.05, 4.69) is 33.9 Å². The van der Waals surface area contributed by atoms with Crippen LogP contribution in [0.25, 0.3) is 21.7 Å². The Labute approximate surface area is 197 Å². The highest BCUT2D eigenvalue weighted by Crippen LogP contribution is 2.28. The van der Waals surface area contributed by atoms with E-state index in [0.29, 0.717) is 17.4 Å². The summed E-state index contributed by atoms with van der Waals surface area (Å²) < 4.78 is 6.10. The maximum atomic E-state index is 13.3. The quantitative estimate of drug-likeness (QED) is 0.404. The van der Waals surface area contributed by atoms with Crippen molar-refractivity contribution in [2.45, 2.75) is 26.0 Å². The zero-order chi connectivity index (χ0) is 22.9. The van der Waals surface area contributed by atoms with Crippen LogP contribution in [0.15, 0.2) is 66.9 Å². The Kier molecular flexibility index (Phi) is 5.77. The topological polar surface area (TPSA) is 58.6 Å². The van der Waals surface area contributed by atoms with Gasteiger partial charge in [0, 0.05) is 42.6 Å². The number of amides is 1. The summed E-state index contributed by atoms with van der Waals surface area (Å²) in [6, 6.07) is 19.5. The van der Waals surface area contributed by atoms with Crippen molar-refractivity contribution in [1.29, 1.82) is 0 Å². The Morgan fingerprint density at radius 3 is 2.76 bits per heavy atom. The van der Waals surface area contributed by atoms with Crippen LogP contribution in [0.1, 0.15) is 13.8 Å². The molecular weight excluding hydrogens is 436 g/mol. The summed E-state index contributed by atoms with van der Waals surface area (Å²) >= 11 is 6.01. The number of pyridine rings is 2. The fraction of sp³-hybridized carbons (Fsp3) is 0.269. The second-order valence-electron chi connectivity index (χ2n) is 8.40. The number of carbonyl (C=O) groups is 1. The first kappa shape index (κ1) is 21.5. The third-order valence-corrected chi connectivity index (χ3v) is 6.38. The van der Waals surface area contributed by atoms with E-state index in [0.717, 1.165) is 35.2 Å². The number of fused-ring (bicyclic) bond motifs is 2. The molecule has 1 aliphatic heterocycles. The van der Waals surface area contributed by atoms with Crippen LogP contribution in [0.3, 0.4) is 0 Å². The number of nitrogens with zero attached hydrogens (tertiary/aromatic N) is 4. The predicted octanol–water partition coefficient (Wildman–Crippen LogP) is 4.94. The molecule has 0 radical (unpaired) electrons. The molecule has 1 fully saturated rings. The van der Waals surface area contributed by atoms with Crippen molar-refractivity contribution >= 4 is 45.0 Å². The van der Waals surface area contributed by atoms with Gasteiger partial charge in [0.25, 0.3) is 5.91 Å². The third-order valence-electron chi connectivity index (χ3n) is 6.17. The number of anilines is 1. The van der Waals surface area contributed by atoms with Crippen molar-refractivity contribution in [2.75, 3.05) is 24.5 Å². The number of halogens is 1. The van der Waals surface area contributed by atoms with Gasteiger partial charge in [-0.2, -0.15) is 0 Å². The highest BCUT2D eigenvalue weighted by Gasteiger charge is 2.32. The van der Waals surface area contributed by atoms with Gasteiger partial charge in [-0.05, 0) is 49.6 Å². The van der Waals surface area contributed by atoms with Gasteiger partial charge in [0.1, 0.15) is 16.7 Å². The lowest BCUT2D eigenvalue weighted by atomic mass is 10.1. The second-order valence-corrected chi connectivity index (χ2v) is 8.79. The first-order valence-electron chi connectivity index (χ1n) is 11.1. The van der Waals surface area contributed by atoms with Crippen LogP contribution in [-0.2, 0) is 4.79 Å². The van der Waals surface area contributed by atoms with E-state index in [1.807, 2.05) is 53.6 Å². The summed E-state index contributed by atoms with van der Waals surface area (Å²) in [5, 5.41) is 3.56. The van der Waals surface area contributed by atoms with Crippen LogP contribution in [0, 0.1) is 0 Å². The minimum atomic E-state index is -0.615. The molecule has 0 bridgehead atoms. The van der Waals surface area contributed by atoms with Crippen LogP contribution in [0.5, 0.6) is 5.75 Å². The van der Waals surface area contributed by atoms with Gasteiger partial charge in [-0.25, -0.2) is 9.97 Å². The molecule has 1 aliphatic rings. The smallest absolute Gasteiger partial charge is 0.263 e. The average Bonchev–Trinajstić information content (AvgIpc) is 2.83. The molecule has 0 unspecified atom stereocenters. The van der Waals surface area contributed by atoms with E-state index in [1.165, 1.54) is 5.39 Å². The Hall–Kier alpha value is -3.38. The maximum Gasteiger partial charge on any atom is 0.263 e. The molecule has 0 N–H and O–H groups in total. The Balaban J connectivity index is 1.30. The number of ether oxygens (including phenoxy) is 1. The zero-order valence-electron chi connectivity index (χ0n) is 18.6. The van der Waals surface area contributed by atoms with Crippen LogP contribution in [0.4, 0.5) is 5.82 Å². The lowest BCUT2D eigenvalue weighted by Gasteiger charge is -2.41. The normalized spacial score (nSPS) is 17.4. The number of piperazine rings is 1. The van der Waals surface area contributed by atoms with Crippen molar-refractivity contribution in [1.82, 2.24) is 14.9 Å². The molecule has 2 aromatic carbocycles. The van der Waals surface area contributed by atoms with Gasteiger partial charge < -0.3 is 14.5 Å². The fourth-order valence-corrected chi connectivity index (χ4v) is 4.67. The van der Waals surface area contributed by atoms with E-state index in [1.54, 1.807) is 13.0 Å². The maximum absolute atomic E-state index is 13.3. The highest BCUT2D eigenvalue weighted by molar-refractivity contribution is 6.29. The van der Waals surface area contributed by atoms with Crippen molar-refractivity contribution in [3.63, 3.8) is 0 Å². The molecule has 6 nitrogen and oxygen atoms in total. The Morgan fingerprint density at radius 2 is 1.91 bits per heavy atom. The predicted molar refractivity (Wildman–Crippen MR) is 132 cm³/mol. The molecular formula is C26H25ClN4O2. The molecule has 5 rings (SSSR count). The average molecular weight is 461 g/mol. The fourth-order valence-electron chi connectivity index (χ4n) is 4.51. The molecule has 0 saturated carbocycles. The van der Waals surface area contributed by atoms with E-state index < -0.39 is 6.10 Å². The van der Waals surface area contributed by atoms with Crippen molar-refractivity contribution in [2.24, 2.45) is 0 Å². The molecule has 4 aromatic rings.